The van der Waals surface area contributed by atoms with Crippen molar-refractivity contribution in [2.45, 2.75) is 20.8 Å². The first-order chi connectivity index (χ1) is 10.0. The van der Waals surface area contributed by atoms with Crippen LogP contribution < -0.4 is 0 Å². The van der Waals surface area contributed by atoms with Crippen LogP contribution in [0.25, 0.3) is 16.8 Å². The van der Waals surface area contributed by atoms with Crippen molar-refractivity contribution in [1.29, 1.82) is 0 Å². The molecular weight excluding hydrogens is 280 g/mol. The molecular formula is C18H17ClN2. The summed E-state index contributed by atoms with van der Waals surface area (Å²) in [4.78, 5) is 0. The van der Waals surface area contributed by atoms with E-state index in [0.717, 1.165) is 22.0 Å². The third-order valence-corrected chi connectivity index (χ3v) is 4.09. The summed E-state index contributed by atoms with van der Waals surface area (Å²) in [5.41, 5.74) is 6.75. The van der Waals surface area contributed by atoms with E-state index in [1.807, 2.05) is 36.9 Å². The molecule has 1 aromatic heterocycles. The molecule has 0 saturated heterocycles. The van der Waals surface area contributed by atoms with E-state index in [2.05, 4.69) is 42.4 Å². The minimum absolute atomic E-state index is 0.800. The number of hydrogen-bond donors (Lipinski definition) is 0. The van der Waals surface area contributed by atoms with Crippen LogP contribution in [0.2, 0.25) is 5.02 Å². The fourth-order valence-corrected chi connectivity index (χ4v) is 2.53. The fourth-order valence-electron chi connectivity index (χ4n) is 2.41. The fraction of sp³-hybridized carbons (Fsp3) is 0.167. The highest BCUT2D eigenvalue weighted by molar-refractivity contribution is 6.31. The van der Waals surface area contributed by atoms with Crippen LogP contribution in [0.4, 0.5) is 0 Å². The van der Waals surface area contributed by atoms with Gasteiger partial charge in [-0.3, -0.25) is 0 Å². The van der Waals surface area contributed by atoms with Gasteiger partial charge in [-0.1, -0.05) is 29.8 Å². The number of nitrogens with zero attached hydrogens (tertiary/aromatic N) is 2. The summed E-state index contributed by atoms with van der Waals surface area (Å²) in [6.45, 7) is 6.12. The van der Waals surface area contributed by atoms with Crippen LogP contribution in [0.3, 0.4) is 0 Å². The molecule has 0 bridgehead atoms. The molecule has 106 valence electrons. The molecule has 0 aliphatic rings. The molecule has 0 saturated carbocycles. The highest BCUT2D eigenvalue weighted by Gasteiger charge is 2.07. The number of halogens is 1. The molecule has 0 atom stereocenters. The van der Waals surface area contributed by atoms with Crippen molar-refractivity contribution >= 4 is 11.6 Å². The minimum Gasteiger partial charge on any atom is -0.240 e. The number of hydrogen-bond acceptors (Lipinski definition) is 1. The summed E-state index contributed by atoms with van der Waals surface area (Å²) in [5, 5.41) is 5.30. The Labute approximate surface area is 130 Å². The second-order valence-corrected chi connectivity index (χ2v) is 5.77. The zero-order chi connectivity index (χ0) is 15.0. The second-order valence-electron chi connectivity index (χ2n) is 5.37. The Morgan fingerprint density at radius 3 is 2.24 bits per heavy atom. The number of aryl methyl sites for hydroxylation is 3. The molecule has 0 amide bonds. The van der Waals surface area contributed by atoms with Gasteiger partial charge >= 0.3 is 0 Å². The molecule has 0 aliphatic carbocycles. The number of benzene rings is 2. The average Bonchev–Trinajstić information content (AvgIpc) is 2.89. The van der Waals surface area contributed by atoms with Gasteiger partial charge in [0, 0.05) is 11.2 Å². The minimum atomic E-state index is 0.800. The van der Waals surface area contributed by atoms with E-state index in [1.54, 1.807) is 0 Å². The topological polar surface area (TPSA) is 17.8 Å². The molecule has 0 unspecified atom stereocenters. The van der Waals surface area contributed by atoms with E-state index in [9.17, 15) is 0 Å². The molecule has 21 heavy (non-hydrogen) atoms. The third kappa shape index (κ3) is 2.72. The van der Waals surface area contributed by atoms with E-state index in [0.29, 0.717) is 0 Å². The van der Waals surface area contributed by atoms with Crippen LogP contribution in [0.5, 0.6) is 0 Å². The molecule has 3 rings (SSSR count). The summed E-state index contributed by atoms with van der Waals surface area (Å²) in [5.74, 6) is 0. The van der Waals surface area contributed by atoms with Crippen LogP contribution in [-0.2, 0) is 0 Å². The lowest BCUT2D eigenvalue weighted by Gasteiger charge is -2.10. The van der Waals surface area contributed by atoms with E-state index < -0.39 is 0 Å². The van der Waals surface area contributed by atoms with Gasteiger partial charge in [0.05, 0.1) is 11.4 Å². The van der Waals surface area contributed by atoms with Gasteiger partial charge in [-0.05, 0) is 67.3 Å². The van der Waals surface area contributed by atoms with Gasteiger partial charge in [0.25, 0.3) is 0 Å². The monoisotopic (exact) mass is 296 g/mol. The Morgan fingerprint density at radius 1 is 0.857 bits per heavy atom. The predicted octanol–water partition coefficient (Wildman–Crippen LogP) is 5.12. The Hall–Kier alpha value is -2.06. The molecule has 1 heterocycles. The normalized spacial score (nSPS) is 10.9. The SMILES string of the molecule is Cc1ccn(-c2cc(-c3ccc(Cl)c(C)c3)ccc2C)n1. The van der Waals surface area contributed by atoms with E-state index in [1.165, 1.54) is 16.7 Å². The third-order valence-electron chi connectivity index (χ3n) is 3.67. The highest BCUT2D eigenvalue weighted by atomic mass is 35.5. The Morgan fingerprint density at radius 2 is 1.57 bits per heavy atom. The number of aromatic nitrogens is 2. The van der Waals surface area contributed by atoms with Crippen molar-refractivity contribution in [3.8, 4) is 16.8 Å². The van der Waals surface area contributed by atoms with Gasteiger partial charge in [0.2, 0.25) is 0 Å². The lowest BCUT2D eigenvalue weighted by Crippen LogP contribution is -1.98. The first-order valence-electron chi connectivity index (χ1n) is 6.94. The van der Waals surface area contributed by atoms with Crippen LogP contribution >= 0.6 is 11.6 Å². The maximum atomic E-state index is 6.11. The zero-order valence-electron chi connectivity index (χ0n) is 12.4. The van der Waals surface area contributed by atoms with Gasteiger partial charge in [-0.15, -0.1) is 0 Å². The molecule has 0 N–H and O–H groups in total. The van der Waals surface area contributed by atoms with Crippen molar-refractivity contribution in [2.24, 2.45) is 0 Å². The van der Waals surface area contributed by atoms with Crippen molar-refractivity contribution in [3.63, 3.8) is 0 Å². The molecule has 2 aromatic carbocycles. The molecule has 3 heteroatoms. The summed E-state index contributed by atoms with van der Waals surface area (Å²) in [6.07, 6.45) is 1.99. The van der Waals surface area contributed by atoms with Crippen LogP contribution in [-0.4, -0.2) is 9.78 Å². The Balaban J connectivity index is 2.10. The predicted molar refractivity (Wildman–Crippen MR) is 88.2 cm³/mol. The first kappa shape index (κ1) is 13.9. The zero-order valence-corrected chi connectivity index (χ0v) is 13.1. The van der Waals surface area contributed by atoms with Crippen LogP contribution in [0, 0.1) is 20.8 Å². The van der Waals surface area contributed by atoms with E-state index >= 15 is 0 Å². The molecule has 2 nitrogen and oxygen atoms in total. The Kier molecular flexibility index (Phi) is 3.56. The summed E-state index contributed by atoms with van der Waals surface area (Å²) in [6, 6.07) is 14.6. The van der Waals surface area contributed by atoms with Crippen LogP contribution in [0.15, 0.2) is 48.7 Å². The van der Waals surface area contributed by atoms with Crippen molar-refractivity contribution in [3.05, 3.63) is 70.5 Å². The molecule has 0 radical (unpaired) electrons. The largest absolute Gasteiger partial charge is 0.240 e. The average molecular weight is 297 g/mol. The van der Waals surface area contributed by atoms with E-state index in [-0.39, 0.29) is 0 Å². The highest BCUT2D eigenvalue weighted by Crippen LogP contribution is 2.27. The van der Waals surface area contributed by atoms with Crippen molar-refractivity contribution < 1.29 is 0 Å². The summed E-state index contributed by atoms with van der Waals surface area (Å²) < 4.78 is 1.93. The van der Waals surface area contributed by atoms with Crippen LogP contribution in [0.1, 0.15) is 16.8 Å². The first-order valence-corrected chi connectivity index (χ1v) is 7.32. The Bertz CT molecular complexity index is 803. The smallest absolute Gasteiger partial charge is 0.0680 e. The van der Waals surface area contributed by atoms with Gasteiger partial charge in [0.15, 0.2) is 0 Å². The van der Waals surface area contributed by atoms with Crippen molar-refractivity contribution in [2.75, 3.05) is 0 Å². The van der Waals surface area contributed by atoms with Gasteiger partial charge in [0.1, 0.15) is 0 Å². The standard InChI is InChI=1S/C18H17ClN2/c1-12-4-5-16(15-6-7-17(19)13(2)10-15)11-18(12)21-9-8-14(3)20-21/h4-11H,1-3H3. The summed E-state index contributed by atoms with van der Waals surface area (Å²) in [7, 11) is 0. The number of rotatable bonds is 2. The van der Waals surface area contributed by atoms with Crippen molar-refractivity contribution in [1.82, 2.24) is 9.78 Å². The maximum absolute atomic E-state index is 6.11. The maximum Gasteiger partial charge on any atom is 0.0680 e. The molecule has 0 aliphatic heterocycles. The second kappa shape index (κ2) is 5.38. The van der Waals surface area contributed by atoms with Gasteiger partial charge in [-0.25, -0.2) is 4.68 Å². The molecule has 3 aromatic rings. The lowest BCUT2D eigenvalue weighted by atomic mass is 10.0. The van der Waals surface area contributed by atoms with E-state index in [4.69, 9.17) is 11.6 Å². The summed E-state index contributed by atoms with van der Waals surface area (Å²) >= 11 is 6.11. The quantitative estimate of drug-likeness (QED) is 0.642. The lowest BCUT2D eigenvalue weighted by molar-refractivity contribution is 0.856. The van der Waals surface area contributed by atoms with Gasteiger partial charge in [-0.2, -0.15) is 5.10 Å². The molecule has 0 spiro atoms. The van der Waals surface area contributed by atoms with Gasteiger partial charge < -0.3 is 0 Å². The molecule has 0 fully saturated rings.